The fourth-order valence-corrected chi connectivity index (χ4v) is 3.20. The first-order valence-electron chi connectivity index (χ1n) is 8.73. The highest BCUT2D eigenvalue weighted by Crippen LogP contribution is 2.42. The summed E-state index contributed by atoms with van der Waals surface area (Å²) in [5.41, 5.74) is 0.658. The maximum atomic E-state index is 12.7. The van der Waals surface area contributed by atoms with Gasteiger partial charge in [-0.2, -0.15) is 0 Å². The van der Waals surface area contributed by atoms with Crippen molar-refractivity contribution in [2.24, 2.45) is 0 Å². The van der Waals surface area contributed by atoms with Gasteiger partial charge < -0.3 is 19.8 Å². The molecule has 4 rings (SSSR count). The minimum atomic E-state index is -0.0757. The van der Waals surface area contributed by atoms with Gasteiger partial charge in [-0.1, -0.05) is 0 Å². The Balaban J connectivity index is 1.45. The number of aryl methyl sites for hydroxylation is 1. The van der Waals surface area contributed by atoms with Crippen molar-refractivity contribution in [1.29, 1.82) is 0 Å². The molecule has 1 aliphatic heterocycles. The zero-order chi connectivity index (χ0) is 17.2. The molecule has 0 spiro atoms. The van der Waals surface area contributed by atoms with Crippen molar-refractivity contribution in [2.45, 2.75) is 44.2 Å². The van der Waals surface area contributed by atoms with E-state index in [0.717, 1.165) is 30.8 Å². The Kier molecular flexibility index (Phi) is 4.40. The molecule has 0 radical (unpaired) electrons. The second-order valence-corrected chi connectivity index (χ2v) is 6.66. The maximum Gasteiger partial charge on any atom is 0.255 e. The van der Waals surface area contributed by atoms with E-state index >= 15 is 0 Å². The van der Waals surface area contributed by atoms with Crippen LogP contribution in [0.1, 0.15) is 47.1 Å². The van der Waals surface area contributed by atoms with E-state index in [1.807, 2.05) is 13.0 Å². The first kappa shape index (κ1) is 16.1. The minimum absolute atomic E-state index is 0.0292. The number of hydrogen-bond donors (Lipinski definition) is 2. The van der Waals surface area contributed by atoms with E-state index in [4.69, 9.17) is 9.15 Å². The average molecular weight is 342 g/mol. The number of carbonyl (C=O) groups is 1. The summed E-state index contributed by atoms with van der Waals surface area (Å²) in [6.07, 6.45) is 6.27. The molecule has 2 N–H and O–H groups in total. The van der Waals surface area contributed by atoms with E-state index in [0.29, 0.717) is 30.5 Å². The minimum Gasteiger partial charge on any atom is -0.468 e. The molecular formula is C18H22N4O3. The van der Waals surface area contributed by atoms with Crippen LogP contribution in [0.4, 0.5) is 5.82 Å². The molecule has 0 bridgehead atoms. The lowest BCUT2D eigenvalue weighted by atomic mass is 10.0. The summed E-state index contributed by atoms with van der Waals surface area (Å²) in [4.78, 5) is 21.2. The van der Waals surface area contributed by atoms with Gasteiger partial charge >= 0.3 is 0 Å². The number of amides is 1. The molecule has 2 atom stereocenters. The highest BCUT2D eigenvalue weighted by molar-refractivity contribution is 5.95. The molecule has 2 fully saturated rings. The van der Waals surface area contributed by atoms with Gasteiger partial charge in [-0.15, -0.1) is 0 Å². The van der Waals surface area contributed by atoms with Gasteiger partial charge in [0.2, 0.25) is 0 Å². The van der Waals surface area contributed by atoms with Crippen molar-refractivity contribution in [3.05, 3.63) is 41.7 Å². The second-order valence-electron chi connectivity index (χ2n) is 6.66. The van der Waals surface area contributed by atoms with Gasteiger partial charge in [-0.3, -0.25) is 4.79 Å². The summed E-state index contributed by atoms with van der Waals surface area (Å²) in [5.74, 6) is 2.59. The largest absolute Gasteiger partial charge is 0.468 e. The third-order valence-corrected chi connectivity index (χ3v) is 4.67. The smallest absolute Gasteiger partial charge is 0.255 e. The molecule has 1 amide bonds. The highest BCUT2D eigenvalue weighted by Gasteiger charge is 2.33. The third-order valence-electron chi connectivity index (χ3n) is 4.67. The van der Waals surface area contributed by atoms with E-state index in [-0.39, 0.29) is 18.0 Å². The Morgan fingerprint density at radius 3 is 2.92 bits per heavy atom. The Labute approximate surface area is 146 Å². The Morgan fingerprint density at radius 1 is 1.24 bits per heavy atom. The van der Waals surface area contributed by atoms with E-state index in [9.17, 15) is 4.79 Å². The monoisotopic (exact) mass is 342 g/mol. The van der Waals surface area contributed by atoms with Crippen molar-refractivity contribution in [2.75, 3.05) is 18.5 Å². The van der Waals surface area contributed by atoms with Gasteiger partial charge in [0, 0.05) is 18.7 Å². The average Bonchev–Trinajstić information content (AvgIpc) is 3.33. The summed E-state index contributed by atoms with van der Waals surface area (Å²) < 4.78 is 11.1. The number of nitrogens with one attached hydrogen (secondary N) is 2. The second kappa shape index (κ2) is 6.84. The van der Waals surface area contributed by atoms with Gasteiger partial charge in [-0.25, -0.2) is 9.97 Å². The number of carbonyl (C=O) groups excluding carboxylic acids is 1. The number of rotatable bonds is 5. The number of aromatic nitrogens is 2. The zero-order valence-corrected chi connectivity index (χ0v) is 14.2. The van der Waals surface area contributed by atoms with Crippen LogP contribution in [0.3, 0.4) is 0 Å². The number of anilines is 1. The summed E-state index contributed by atoms with van der Waals surface area (Å²) in [6, 6.07) is 3.52. The van der Waals surface area contributed by atoms with Crippen molar-refractivity contribution in [3.63, 3.8) is 0 Å². The zero-order valence-electron chi connectivity index (χ0n) is 14.2. The number of hydrogen-bond acceptors (Lipinski definition) is 6. The molecule has 1 saturated heterocycles. The molecule has 2 aromatic heterocycles. The van der Waals surface area contributed by atoms with E-state index in [1.165, 1.54) is 0 Å². The van der Waals surface area contributed by atoms with Crippen LogP contribution in [0.15, 0.2) is 29.0 Å². The van der Waals surface area contributed by atoms with Crippen LogP contribution < -0.4 is 10.6 Å². The highest BCUT2D eigenvalue weighted by atomic mass is 16.5. The van der Waals surface area contributed by atoms with Crippen LogP contribution in [0.25, 0.3) is 0 Å². The summed E-state index contributed by atoms with van der Waals surface area (Å²) in [5, 5.41) is 6.50. The molecule has 2 aromatic rings. The molecule has 25 heavy (non-hydrogen) atoms. The van der Waals surface area contributed by atoms with Gasteiger partial charge in [0.05, 0.1) is 30.5 Å². The van der Waals surface area contributed by atoms with Crippen LogP contribution in [0.5, 0.6) is 0 Å². The predicted octanol–water partition coefficient (Wildman–Crippen LogP) is 2.25. The molecule has 132 valence electrons. The first-order chi connectivity index (χ1) is 12.2. The van der Waals surface area contributed by atoms with Gasteiger partial charge in [0.25, 0.3) is 5.91 Å². The van der Waals surface area contributed by atoms with Crippen molar-refractivity contribution >= 4 is 11.7 Å². The Morgan fingerprint density at radius 2 is 2.12 bits per heavy atom. The topological polar surface area (TPSA) is 89.3 Å². The SMILES string of the molecule is Cc1nccc(N[C@@H]2COCC[C@@H]2NC(=O)c2ccoc2C2CC2)n1. The lowest BCUT2D eigenvalue weighted by molar-refractivity contribution is 0.0619. The Hall–Kier alpha value is -2.41. The van der Waals surface area contributed by atoms with Gasteiger partial charge in [0.1, 0.15) is 17.4 Å². The van der Waals surface area contributed by atoms with Crippen LogP contribution in [0, 0.1) is 6.92 Å². The quantitative estimate of drug-likeness (QED) is 0.866. The number of nitrogens with zero attached hydrogens (tertiary/aromatic N) is 2. The molecular weight excluding hydrogens is 320 g/mol. The fraction of sp³-hybridized carbons (Fsp3) is 0.500. The number of furan rings is 1. The normalized spacial score (nSPS) is 23.2. The van der Waals surface area contributed by atoms with Crippen LogP contribution >= 0.6 is 0 Å². The van der Waals surface area contributed by atoms with Gasteiger partial charge in [-0.05, 0) is 38.3 Å². The molecule has 0 unspecified atom stereocenters. The van der Waals surface area contributed by atoms with Crippen molar-refractivity contribution in [3.8, 4) is 0 Å². The molecule has 1 aliphatic carbocycles. The third kappa shape index (κ3) is 3.66. The first-order valence-corrected chi connectivity index (χ1v) is 8.73. The summed E-state index contributed by atoms with van der Waals surface area (Å²) in [7, 11) is 0. The van der Waals surface area contributed by atoms with Crippen LogP contribution in [-0.4, -0.2) is 41.2 Å². The van der Waals surface area contributed by atoms with Gasteiger partial charge in [0.15, 0.2) is 0 Å². The number of ether oxygens (including phenoxy) is 1. The lowest BCUT2D eigenvalue weighted by Gasteiger charge is -2.33. The molecule has 3 heterocycles. The Bertz CT molecular complexity index is 756. The summed E-state index contributed by atoms with van der Waals surface area (Å²) in [6.45, 7) is 3.00. The maximum absolute atomic E-state index is 12.7. The summed E-state index contributed by atoms with van der Waals surface area (Å²) >= 11 is 0. The van der Waals surface area contributed by atoms with E-state index in [2.05, 4.69) is 20.6 Å². The lowest BCUT2D eigenvalue weighted by Crippen LogP contribution is -2.52. The van der Waals surface area contributed by atoms with Crippen molar-refractivity contribution in [1.82, 2.24) is 15.3 Å². The fourth-order valence-electron chi connectivity index (χ4n) is 3.20. The predicted molar refractivity (Wildman–Crippen MR) is 91.6 cm³/mol. The molecule has 0 aromatic carbocycles. The van der Waals surface area contributed by atoms with Crippen LogP contribution in [-0.2, 0) is 4.74 Å². The van der Waals surface area contributed by atoms with E-state index in [1.54, 1.807) is 18.5 Å². The molecule has 1 saturated carbocycles. The molecule has 7 nitrogen and oxygen atoms in total. The van der Waals surface area contributed by atoms with E-state index < -0.39 is 0 Å². The standard InChI is InChI=1S/C18H22N4O3/c1-11-19-7-4-16(20-11)21-15-10-24-8-6-14(15)22-18(23)13-5-9-25-17(13)12-2-3-12/h4-5,7,9,12,14-15H,2-3,6,8,10H2,1H3,(H,22,23)(H,19,20,21)/t14-,15+/m0/s1. The van der Waals surface area contributed by atoms with Crippen molar-refractivity contribution < 1.29 is 13.9 Å². The molecule has 7 heteroatoms. The molecule has 2 aliphatic rings. The van der Waals surface area contributed by atoms with Crippen LogP contribution in [0.2, 0.25) is 0 Å².